The molecule has 3 heteroatoms. The Morgan fingerprint density at radius 1 is 0.581 bits per heavy atom. The van der Waals surface area contributed by atoms with Crippen molar-refractivity contribution >= 4 is 5.97 Å². The Kier molecular flexibility index (Phi) is 25.2. The normalized spacial score (nSPS) is 12.3. The van der Waals surface area contributed by atoms with Crippen molar-refractivity contribution in [3.8, 4) is 0 Å². The van der Waals surface area contributed by atoms with Crippen LogP contribution in [0, 0.1) is 0 Å². The third kappa shape index (κ3) is 25.6. The van der Waals surface area contributed by atoms with Crippen LogP contribution in [0.25, 0.3) is 0 Å². The lowest BCUT2D eigenvalue weighted by atomic mass is 10.0. The average Bonchev–Trinajstić information content (AvgIpc) is 2.75. The van der Waals surface area contributed by atoms with Crippen LogP contribution in [0.15, 0.2) is 0 Å². The van der Waals surface area contributed by atoms with Crippen molar-refractivity contribution in [3.63, 3.8) is 0 Å². The molecular weight excluding hydrogens is 384 g/mol. The Bertz CT molecular complexity index is 356. The fourth-order valence-corrected chi connectivity index (χ4v) is 4.31. The van der Waals surface area contributed by atoms with Gasteiger partial charge in [-0.2, -0.15) is 0 Å². The van der Waals surface area contributed by atoms with Crippen molar-refractivity contribution in [3.05, 3.63) is 0 Å². The van der Waals surface area contributed by atoms with Gasteiger partial charge in [-0.25, -0.2) is 0 Å². The number of carboxylic acid groups (broad SMARTS) is 1. The smallest absolute Gasteiger partial charge is 0.305 e. The molecule has 0 radical (unpaired) electrons. The van der Waals surface area contributed by atoms with E-state index in [-0.39, 0.29) is 12.5 Å². The summed E-state index contributed by atoms with van der Waals surface area (Å²) in [5, 5.41) is 9.15. The Hall–Kier alpha value is -0.570. The number of aliphatic carboxylic acids is 1. The summed E-state index contributed by atoms with van der Waals surface area (Å²) in [6.45, 7) is 5.26. The maximum Gasteiger partial charge on any atom is 0.305 e. The molecule has 0 spiro atoms. The molecule has 0 rings (SSSR count). The number of ether oxygens (including phenoxy) is 1. The van der Waals surface area contributed by atoms with Gasteiger partial charge in [0.2, 0.25) is 0 Å². The number of rotatable bonds is 26. The summed E-state index contributed by atoms with van der Waals surface area (Å²) < 4.78 is 5.94. The Balaban J connectivity index is 3.52. The third-order valence-corrected chi connectivity index (χ3v) is 6.38. The standard InChI is InChI=1S/C28H56O3/c1-3-5-7-9-11-13-14-15-17-19-21-23-25-31-27(26-28(29)30)24-22-20-18-16-12-10-8-6-4-2/h27H,3-26H2,1-2H3,(H,29,30)/t27-/m0/s1. The molecule has 31 heavy (non-hydrogen) atoms. The molecule has 3 nitrogen and oxygen atoms in total. The zero-order chi connectivity index (χ0) is 22.8. The minimum absolute atomic E-state index is 0.0882. The molecule has 0 unspecified atom stereocenters. The van der Waals surface area contributed by atoms with Crippen LogP contribution in [0.1, 0.15) is 162 Å². The Labute approximate surface area is 195 Å². The highest BCUT2D eigenvalue weighted by molar-refractivity contribution is 5.67. The molecule has 0 aromatic rings. The van der Waals surface area contributed by atoms with Crippen molar-refractivity contribution in [2.24, 2.45) is 0 Å². The van der Waals surface area contributed by atoms with Crippen LogP contribution in [0.5, 0.6) is 0 Å². The van der Waals surface area contributed by atoms with Crippen molar-refractivity contribution in [1.29, 1.82) is 0 Å². The monoisotopic (exact) mass is 440 g/mol. The van der Waals surface area contributed by atoms with Gasteiger partial charge in [-0.05, 0) is 12.8 Å². The first-order valence-electron chi connectivity index (χ1n) is 14.0. The molecule has 0 aliphatic rings. The van der Waals surface area contributed by atoms with Crippen LogP contribution in [0.4, 0.5) is 0 Å². The molecule has 0 aromatic carbocycles. The number of hydrogen-bond acceptors (Lipinski definition) is 2. The number of hydrogen-bond donors (Lipinski definition) is 1. The van der Waals surface area contributed by atoms with E-state index in [4.69, 9.17) is 9.84 Å². The maximum atomic E-state index is 11.1. The van der Waals surface area contributed by atoms with E-state index < -0.39 is 5.97 Å². The second kappa shape index (κ2) is 25.7. The summed E-state index contributed by atoms with van der Waals surface area (Å²) in [6, 6.07) is 0. The fraction of sp³-hybridized carbons (Fsp3) is 0.964. The van der Waals surface area contributed by atoms with Crippen molar-refractivity contribution in [2.45, 2.75) is 168 Å². The summed E-state index contributed by atoms with van der Waals surface area (Å²) in [6.07, 6.45) is 28.8. The van der Waals surface area contributed by atoms with E-state index in [1.165, 1.54) is 122 Å². The minimum atomic E-state index is -0.726. The van der Waals surface area contributed by atoms with Gasteiger partial charge in [0.05, 0.1) is 12.5 Å². The summed E-state index contributed by atoms with van der Waals surface area (Å²) in [5.74, 6) is -0.726. The molecule has 0 saturated carbocycles. The second-order valence-corrected chi connectivity index (χ2v) is 9.60. The van der Waals surface area contributed by atoms with Crippen LogP contribution in [0.3, 0.4) is 0 Å². The quantitative estimate of drug-likeness (QED) is 0.136. The Morgan fingerprint density at radius 2 is 0.935 bits per heavy atom. The highest BCUT2D eigenvalue weighted by Gasteiger charge is 2.13. The molecular formula is C28H56O3. The first-order chi connectivity index (χ1) is 15.2. The van der Waals surface area contributed by atoms with Crippen molar-refractivity contribution in [1.82, 2.24) is 0 Å². The second-order valence-electron chi connectivity index (χ2n) is 9.60. The van der Waals surface area contributed by atoms with E-state index in [9.17, 15) is 4.79 Å². The van der Waals surface area contributed by atoms with Gasteiger partial charge in [0.25, 0.3) is 0 Å². The van der Waals surface area contributed by atoms with Gasteiger partial charge in [0.15, 0.2) is 0 Å². The van der Waals surface area contributed by atoms with Crippen molar-refractivity contribution < 1.29 is 14.6 Å². The molecule has 1 N–H and O–H groups in total. The van der Waals surface area contributed by atoms with E-state index in [0.717, 1.165) is 25.9 Å². The topological polar surface area (TPSA) is 46.5 Å². The van der Waals surface area contributed by atoms with Gasteiger partial charge in [0, 0.05) is 6.61 Å². The van der Waals surface area contributed by atoms with E-state index in [2.05, 4.69) is 13.8 Å². The number of unbranched alkanes of at least 4 members (excludes halogenated alkanes) is 19. The Morgan fingerprint density at radius 3 is 1.32 bits per heavy atom. The van der Waals surface area contributed by atoms with Crippen LogP contribution < -0.4 is 0 Å². The SMILES string of the molecule is CCCCCCCCCCCCCCO[C@@H](CCCCCCCCCCC)CC(=O)O. The zero-order valence-electron chi connectivity index (χ0n) is 21.3. The minimum Gasteiger partial charge on any atom is -0.481 e. The van der Waals surface area contributed by atoms with E-state index >= 15 is 0 Å². The number of carbonyl (C=O) groups is 1. The molecule has 0 aromatic heterocycles. The molecule has 0 aliphatic heterocycles. The van der Waals surface area contributed by atoms with E-state index in [0.29, 0.717) is 0 Å². The molecule has 0 aliphatic carbocycles. The summed E-state index contributed by atoms with van der Waals surface area (Å²) in [7, 11) is 0. The van der Waals surface area contributed by atoms with Gasteiger partial charge in [-0.3, -0.25) is 4.79 Å². The van der Waals surface area contributed by atoms with Crippen LogP contribution in [0.2, 0.25) is 0 Å². The first kappa shape index (κ1) is 30.4. The van der Waals surface area contributed by atoms with Gasteiger partial charge >= 0.3 is 5.97 Å². The molecule has 0 fully saturated rings. The molecule has 0 heterocycles. The zero-order valence-corrected chi connectivity index (χ0v) is 21.3. The number of carboxylic acids is 1. The van der Waals surface area contributed by atoms with Crippen molar-refractivity contribution in [2.75, 3.05) is 6.61 Å². The maximum absolute atomic E-state index is 11.1. The lowest BCUT2D eigenvalue weighted by molar-refractivity contribution is -0.140. The lowest BCUT2D eigenvalue weighted by Crippen LogP contribution is -2.18. The summed E-state index contributed by atoms with van der Waals surface area (Å²) >= 11 is 0. The fourth-order valence-electron chi connectivity index (χ4n) is 4.31. The highest BCUT2D eigenvalue weighted by atomic mass is 16.5. The van der Waals surface area contributed by atoms with Gasteiger partial charge in [-0.15, -0.1) is 0 Å². The summed E-state index contributed by atoms with van der Waals surface area (Å²) in [5.41, 5.74) is 0. The van der Waals surface area contributed by atoms with Gasteiger partial charge < -0.3 is 9.84 Å². The van der Waals surface area contributed by atoms with Crippen LogP contribution in [-0.2, 0) is 9.53 Å². The molecule has 0 saturated heterocycles. The molecule has 0 bridgehead atoms. The average molecular weight is 441 g/mol. The van der Waals surface area contributed by atoms with Crippen LogP contribution >= 0.6 is 0 Å². The molecule has 0 amide bonds. The lowest BCUT2D eigenvalue weighted by Gasteiger charge is -2.16. The summed E-state index contributed by atoms with van der Waals surface area (Å²) in [4.78, 5) is 11.1. The van der Waals surface area contributed by atoms with Gasteiger partial charge in [-0.1, -0.05) is 142 Å². The molecule has 186 valence electrons. The van der Waals surface area contributed by atoms with Crippen LogP contribution in [-0.4, -0.2) is 23.8 Å². The van der Waals surface area contributed by atoms with Gasteiger partial charge in [0.1, 0.15) is 0 Å². The molecule has 1 atom stereocenters. The first-order valence-corrected chi connectivity index (χ1v) is 14.0. The highest BCUT2D eigenvalue weighted by Crippen LogP contribution is 2.16. The van der Waals surface area contributed by atoms with E-state index in [1.807, 2.05) is 0 Å². The third-order valence-electron chi connectivity index (χ3n) is 6.38. The largest absolute Gasteiger partial charge is 0.481 e. The predicted molar refractivity (Wildman–Crippen MR) is 135 cm³/mol. The van der Waals surface area contributed by atoms with E-state index in [1.54, 1.807) is 0 Å². The predicted octanol–water partition coefficient (Wildman–Crippen LogP) is 9.47.